The van der Waals surface area contributed by atoms with Crippen molar-refractivity contribution in [2.24, 2.45) is 0 Å². The molecule has 0 aromatic carbocycles. The Labute approximate surface area is 115 Å². The van der Waals surface area contributed by atoms with Crippen molar-refractivity contribution in [1.29, 1.82) is 0 Å². The molecule has 0 aliphatic carbocycles. The number of nitrogens with one attached hydrogen (secondary N) is 3. The quantitative estimate of drug-likeness (QED) is 0.648. The number of hydrogen-bond donors (Lipinski definition) is 3. The van der Waals surface area contributed by atoms with Crippen molar-refractivity contribution in [3.8, 4) is 0 Å². The Balaban J connectivity index is 2.06. The van der Waals surface area contributed by atoms with Crippen LogP contribution >= 0.6 is 11.3 Å². The van der Waals surface area contributed by atoms with Crippen LogP contribution in [-0.2, 0) is 14.8 Å². The lowest BCUT2D eigenvalue weighted by Crippen LogP contribution is -2.45. The van der Waals surface area contributed by atoms with E-state index in [0.29, 0.717) is 6.54 Å². The molecule has 0 radical (unpaired) electrons. The fourth-order valence-electron chi connectivity index (χ4n) is 1.74. The first-order valence-electron chi connectivity index (χ1n) is 5.81. The summed E-state index contributed by atoms with van der Waals surface area (Å²) in [6.07, 6.45) is 1.73. The average molecular weight is 305 g/mol. The van der Waals surface area contributed by atoms with E-state index in [1.165, 1.54) is 6.92 Å². The standard InChI is InChI=1S/C9H15N5O3S2/c1-6(15)11-8-12-13-9(18-8)19(16,17)14-7-3-2-4-10-5-7/h7,10,14H,2-5H2,1H3,(H,11,12,15). The molecule has 106 valence electrons. The molecule has 3 N–H and O–H groups in total. The molecule has 0 saturated carbocycles. The summed E-state index contributed by atoms with van der Waals surface area (Å²) < 4.78 is 26.6. The minimum Gasteiger partial charge on any atom is -0.315 e. The van der Waals surface area contributed by atoms with Crippen LogP contribution in [0.2, 0.25) is 0 Å². The van der Waals surface area contributed by atoms with Crippen molar-refractivity contribution in [1.82, 2.24) is 20.2 Å². The first kappa shape index (κ1) is 14.3. The van der Waals surface area contributed by atoms with Gasteiger partial charge in [0.15, 0.2) is 0 Å². The molecule has 1 aromatic heterocycles. The molecule has 8 nitrogen and oxygen atoms in total. The Bertz CT molecular complexity index is 550. The van der Waals surface area contributed by atoms with Crippen LogP contribution in [0.4, 0.5) is 5.13 Å². The third-order valence-electron chi connectivity index (χ3n) is 2.54. The molecule has 1 saturated heterocycles. The van der Waals surface area contributed by atoms with E-state index in [4.69, 9.17) is 0 Å². The Morgan fingerprint density at radius 3 is 2.89 bits per heavy atom. The Morgan fingerprint density at radius 1 is 1.47 bits per heavy atom. The second kappa shape index (κ2) is 5.90. The zero-order valence-corrected chi connectivity index (χ0v) is 12.0. The van der Waals surface area contributed by atoms with Crippen LogP contribution in [-0.4, -0.2) is 43.7 Å². The lowest BCUT2D eigenvalue weighted by Gasteiger charge is -2.22. The van der Waals surface area contributed by atoms with Gasteiger partial charge in [-0.25, -0.2) is 13.1 Å². The Kier molecular flexibility index (Phi) is 4.45. The predicted molar refractivity (Wildman–Crippen MR) is 70.4 cm³/mol. The normalized spacial score (nSPS) is 20.2. The van der Waals surface area contributed by atoms with Gasteiger partial charge < -0.3 is 10.6 Å². The molecule has 1 amide bonds. The summed E-state index contributed by atoms with van der Waals surface area (Å²) in [4.78, 5) is 10.8. The lowest BCUT2D eigenvalue weighted by atomic mass is 10.1. The maximum atomic E-state index is 12.1. The van der Waals surface area contributed by atoms with E-state index in [1.807, 2.05) is 0 Å². The maximum absolute atomic E-state index is 12.1. The van der Waals surface area contributed by atoms with Gasteiger partial charge in [0.25, 0.3) is 10.0 Å². The topological polar surface area (TPSA) is 113 Å². The minimum atomic E-state index is -3.67. The van der Waals surface area contributed by atoms with Gasteiger partial charge in [0.2, 0.25) is 15.4 Å². The van der Waals surface area contributed by atoms with Gasteiger partial charge >= 0.3 is 0 Å². The first-order valence-corrected chi connectivity index (χ1v) is 8.11. The average Bonchev–Trinajstić information content (AvgIpc) is 2.78. The number of hydrogen-bond acceptors (Lipinski definition) is 7. The maximum Gasteiger partial charge on any atom is 0.270 e. The van der Waals surface area contributed by atoms with E-state index < -0.39 is 10.0 Å². The summed E-state index contributed by atoms with van der Waals surface area (Å²) in [6, 6.07) is -0.133. The summed E-state index contributed by atoms with van der Waals surface area (Å²) in [5.41, 5.74) is 0. The zero-order valence-electron chi connectivity index (χ0n) is 10.3. The number of nitrogens with zero attached hydrogens (tertiary/aromatic N) is 2. The van der Waals surface area contributed by atoms with Crippen LogP contribution in [0.1, 0.15) is 19.8 Å². The van der Waals surface area contributed by atoms with Gasteiger partial charge in [-0.1, -0.05) is 11.3 Å². The van der Waals surface area contributed by atoms with E-state index in [2.05, 4.69) is 25.6 Å². The molecule has 2 heterocycles. The van der Waals surface area contributed by atoms with Gasteiger partial charge in [-0.2, -0.15) is 0 Å². The van der Waals surface area contributed by atoms with Gasteiger partial charge in [0.05, 0.1) is 0 Å². The van der Waals surface area contributed by atoms with Crippen LogP contribution in [0.5, 0.6) is 0 Å². The van der Waals surface area contributed by atoms with Crippen molar-refractivity contribution in [3.05, 3.63) is 0 Å². The van der Waals surface area contributed by atoms with Gasteiger partial charge in [-0.15, -0.1) is 10.2 Å². The summed E-state index contributed by atoms with van der Waals surface area (Å²) in [7, 11) is -3.67. The Hall–Kier alpha value is -1.10. The molecular weight excluding hydrogens is 290 g/mol. The lowest BCUT2D eigenvalue weighted by molar-refractivity contribution is -0.114. The smallest absolute Gasteiger partial charge is 0.270 e. The summed E-state index contributed by atoms with van der Waals surface area (Å²) in [6.45, 7) is 2.84. The fourth-order valence-corrected chi connectivity index (χ4v) is 3.97. The molecule has 0 bridgehead atoms. The van der Waals surface area contributed by atoms with Gasteiger partial charge in [-0.05, 0) is 19.4 Å². The molecule has 1 aliphatic heterocycles. The summed E-state index contributed by atoms with van der Waals surface area (Å²) >= 11 is 0.832. The number of anilines is 1. The van der Waals surface area contributed by atoms with Crippen LogP contribution in [0, 0.1) is 0 Å². The monoisotopic (exact) mass is 305 g/mol. The van der Waals surface area contributed by atoms with E-state index in [9.17, 15) is 13.2 Å². The molecule has 1 fully saturated rings. The van der Waals surface area contributed by atoms with Crippen molar-refractivity contribution >= 4 is 32.4 Å². The number of carbonyl (C=O) groups is 1. The molecule has 2 rings (SSSR count). The second-order valence-electron chi connectivity index (χ2n) is 4.22. The summed E-state index contributed by atoms with van der Waals surface area (Å²) in [5, 5.41) is 12.9. The number of rotatable bonds is 4. The van der Waals surface area contributed by atoms with Crippen LogP contribution < -0.4 is 15.4 Å². The Morgan fingerprint density at radius 2 is 2.26 bits per heavy atom. The van der Waals surface area contributed by atoms with Crippen LogP contribution in [0.15, 0.2) is 4.34 Å². The highest BCUT2D eigenvalue weighted by atomic mass is 32.2. The largest absolute Gasteiger partial charge is 0.315 e. The predicted octanol–water partition coefficient (Wildman–Crippen LogP) is -0.473. The molecule has 0 spiro atoms. The fraction of sp³-hybridized carbons (Fsp3) is 0.667. The second-order valence-corrected chi connectivity index (χ2v) is 7.08. The zero-order chi connectivity index (χ0) is 13.9. The van der Waals surface area contributed by atoms with E-state index in [0.717, 1.165) is 30.7 Å². The molecule has 10 heteroatoms. The van der Waals surface area contributed by atoms with Gasteiger partial charge in [0, 0.05) is 19.5 Å². The molecule has 1 aliphatic rings. The number of sulfonamides is 1. The van der Waals surface area contributed by atoms with Gasteiger partial charge in [0.1, 0.15) is 0 Å². The van der Waals surface area contributed by atoms with Crippen LogP contribution in [0.25, 0.3) is 0 Å². The SMILES string of the molecule is CC(=O)Nc1nnc(S(=O)(=O)NC2CCCNC2)s1. The third-order valence-corrected chi connectivity index (χ3v) is 5.26. The first-order chi connectivity index (χ1) is 8.97. The molecule has 19 heavy (non-hydrogen) atoms. The van der Waals surface area contributed by atoms with Gasteiger partial charge in [-0.3, -0.25) is 4.79 Å². The van der Waals surface area contributed by atoms with E-state index >= 15 is 0 Å². The number of aromatic nitrogens is 2. The minimum absolute atomic E-state index is 0.133. The molecular formula is C9H15N5O3S2. The highest BCUT2D eigenvalue weighted by Crippen LogP contribution is 2.20. The molecule has 1 aromatic rings. The van der Waals surface area contributed by atoms with Crippen molar-refractivity contribution in [2.75, 3.05) is 18.4 Å². The molecule has 1 atom stereocenters. The highest BCUT2D eigenvalue weighted by molar-refractivity contribution is 7.91. The third kappa shape index (κ3) is 3.93. The van der Waals surface area contributed by atoms with E-state index in [-0.39, 0.29) is 21.4 Å². The van der Waals surface area contributed by atoms with Crippen molar-refractivity contribution in [2.45, 2.75) is 30.1 Å². The highest BCUT2D eigenvalue weighted by Gasteiger charge is 2.25. The number of carbonyl (C=O) groups excluding carboxylic acids is 1. The van der Waals surface area contributed by atoms with Crippen molar-refractivity contribution < 1.29 is 13.2 Å². The van der Waals surface area contributed by atoms with Crippen LogP contribution in [0.3, 0.4) is 0 Å². The number of amides is 1. The van der Waals surface area contributed by atoms with Crippen molar-refractivity contribution in [3.63, 3.8) is 0 Å². The summed E-state index contributed by atoms with van der Waals surface area (Å²) in [5.74, 6) is -0.315. The van der Waals surface area contributed by atoms with E-state index in [1.54, 1.807) is 0 Å². The molecule has 1 unspecified atom stereocenters. The number of piperidine rings is 1.